The Morgan fingerprint density at radius 2 is 2.00 bits per heavy atom. The van der Waals surface area contributed by atoms with E-state index in [-0.39, 0.29) is 14.8 Å². The summed E-state index contributed by atoms with van der Waals surface area (Å²) in [6, 6.07) is 1.23. The molecule has 0 aliphatic carbocycles. The zero-order chi connectivity index (χ0) is 15.5. The van der Waals surface area contributed by atoms with E-state index in [1.54, 1.807) is 0 Å². The topological polar surface area (TPSA) is 110 Å². The second kappa shape index (κ2) is 6.20. The predicted molar refractivity (Wildman–Crippen MR) is 69.7 cm³/mol. The lowest BCUT2D eigenvalue weighted by Gasteiger charge is -2.14. The van der Waals surface area contributed by atoms with Crippen molar-refractivity contribution in [2.45, 2.75) is 4.21 Å². The van der Waals surface area contributed by atoms with E-state index in [2.05, 4.69) is 4.74 Å². The van der Waals surface area contributed by atoms with E-state index >= 15 is 0 Å². The number of hydrogen-bond donors (Lipinski definition) is 1. The molecule has 0 unspecified atom stereocenters. The number of carboxylic acids is 1. The highest BCUT2D eigenvalue weighted by Gasteiger charge is 2.30. The van der Waals surface area contributed by atoms with Crippen LogP contribution in [0.4, 0.5) is 0 Å². The van der Waals surface area contributed by atoms with Gasteiger partial charge in [0.15, 0.2) is 9.96 Å². The molecule has 0 aliphatic heterocycles. The van der Waals surface area contributed by atoms with Gasteiger partial charge >= 0.3 is 11.9 Å². The van der Waals surface area contributed by atoms with Gasteiger partial charge in [0.25, 0.3) is 10.0 Å². The molecule has 20 heavy (non-hydrogen) atoms. The summed E-state index contributed by atoms with van der Waals surface area (Å²) >= 11 is 0.657. The molecular weight excluding hydrogens is 310 g/mol. The molecular formula is C10H13NO7S2. The van der Waals surface area contributed by atoms with Crippen LogP contribution in [0.25, 0.3) is 0 Å². The molecule has 0 atom stereocenters. The number of rotatable bonds is 6. The van der Waals surface area contributed by atoms with Crippen molar-refractivity contribution in [1.82, 2.24) is 4.31 Å². The van der Waals surface area contributed by atoms with Crippen LogP contribution in [-0.2, 0) is 19.6 Å². The summed E-state index contributed by atoms with van der Waals surface area (Å²) in [5.74, 6) is -2.02. The third-order valence-electron chi connectivity index (χ3n) is 2.28. The number of methoxy groups -OCH3 is 2. The summed E-state index contributed by atoms with van der Waals surface area (Å²) in [5, 5.41) is 8.64. The van der Waals surface area contributed by atoms with Gasteiger partial charge in [-0.25, -0.2) is 13.2 Å². The van der Waals surface area contributed by atoms with Gasteiger partial charge in [-0.2, -0.15) is 4.31 Å². The predicted octanol–water partition coefficient (Wildman–Crippen LogP) is 0.248. The Balaban J connectivity index is 3.27. The number of sulfonamides is 1. The average Bonchev–Trinajstić information content (AvgIpc) is 2.81. The molecule has 0 amide bonds. The second-order valence-electron chi connectivity index (χ2n) is 3.61. The largest absolute Gasteiger partial charge is 0.494 e. The summed E-state index contributed by atoms with van der Waals surface area (Å²) < 4.78 is 34.2. The minimum absolute atomic E-state index is 0.0346. The van der Waals surface area contributed by atoms with Crippen molar-refractivity contribution in [2.24, 2.45) is 0 Å². The molecule has 10 heteroatoms. The average molecular weight is 323 g/mol. The fourth-order valence-corrected chi connectivity index (χ4v) is 4.11. The first-order chi connectivity index (χ1) is 9.23. The Bertz CT molecular complexity index is 620. The number of esters is 1. The van der Waals surface area contributed by atoms with Crippen LogP contribution < -0.4 is 4.74 Å². The second-order valence-corrected chi connectivity index (χ2v) is 6.91. The van der Waals surface area contributed by atoms with Crippen LogP contribution in [0.1, 0.15) is 9.67 Å². The maximum absolute atomic E-state index is 12.2. The van der Waals surface area contributed by atoms with E-state index in [0.717, 1.165) is 7.05 Å². The van der Waals surface area contributed by atoms with E-state index < -0.39 is 28.5 Å². The van der Waals surface area contributed by atoms with Gasteiger partial charge in [-0.1, -0.05) is 0 Å². The van der Waals surface area contributed by atoms with E-state index in [9.17, 15) is 18.0 Å². The van der Waals surface area contributed by atoms with Gasteiger partial charge in [0.2, 0.25) is 0 Å². The lowest BCUT2D eigenvalue weighted by Crippen LogP contribution is -2.31. The number of likely N-dealkylation sites (N-methyl/N-ethyl adjacent to an activating group) is 1. The fraction of sp³-hybridized carbons (Fsp3) is 0.400. The normalized spacial score (nSPS) is 11.4. The summed E-state index contributed by atoms with van der Waals surface area (Å²) in [6.45, 7) is -0.697. The van der Waals surface area contributed by atoms with Gasteiger partial charge in [-0.15, -0.1) is 11.3 Å². The molecule has 1 aromatic rings. The van der Waals surface area contributed by atoms with Crippen LogP contribution in [0, 0.1) is 0 Å². The van der Waals surface area contributed by atoms with Gasteiger partial charge < -0.3 is 14.6 Å². The first-order valence-electron chi connectivity index (χ1n) is 5.18. The summed E-state index contributed by atoms with van der Waals surface area (Å²) in [4.78, 5) is 22.0. The highest BCUT2D eigenvalue weighted by Crippen LogP contribution is 2.35. The number of thiophene rings is 1. The van der Waals surface area contributed by atoms with Crippen LogP contribution in [0.5, 0.6) is 5.75 Å². The SMILES string of the molecule is COC(=O)c1cc(OC)c(S(=O)(=O)N(C)CC(=O)O)s1. The minimum atomic E-state index is -4.06. The molecule has 0 spiro atoms. The van der Waals surface area contributed by atoms with Crippen molar-refractivity contribution >= 4 is 33.3 Å². The number of aliphatic carboxylic acids is 1. The van der Waals surface area contributed by atoms with Crippen molar-refractivity contribution < 1.29 is 32.6 Å². The summed E-state index contributed by atoms with van der Waals surface area (Å²) in [7, 11) is -0.519. The van der Waals surface area contributed by atoms with Crippen molar-refractivity contribution in [2.75, 3.05) is 27.8 Å². The maximum atomic E-state index is 12.2. The molecule has 1 aromatic heterocycles. The lowest BCUT2D eigenvalue weighted by atomic mass is 10.4. The number of hydrogen-bond acceptors (Lipinski definition) is 7. The molecule has 112 valence electrons. The molecule has 0 saturated heterocycles. The summed E-state index contributed by atoms with van der Waals surface area (Å²) in [6.07, 6.45) is 0. The first kappa shape index (κ1) is 16.4. The fourth-order valence-electron chi connectivity index (χ4n) is 1.30. The molecule has 1 rings (SSSR count). The first-order valence-corrected chi connectivity index (χ1v) is 7.44. The molecule has 0 radical (unpaired) electrons. The van der Waals surface area contributed by atoms with Crippen LogP contribution in [0.15, 0.2) is 10.3 Å². The zero-order valence-corrected chi connectivity index (χ0v) is 12.6. The smallest absolute Gasteiger partial charge is 0.348 e. The summed E-state index contributed by atoms with van der Waals surface area (Å²) in [5.41, 5.74) is 0. The third-order valence-corrected chi connectivity index (χ3v) is 5.67. The number of carbonyl (C=O) groups excluding carboxylic acids is 1. The Hall–Kier alpha value is -1.65. The highest BCUT2D eigenvalue weighted by atomic mass is 32.2. The number of carboxylic acid groups (broad SMARTS) is 1. The Morgan fingerprint density at radius 1 is 1.40 bits per heavy atom. The highest BCUT2D eigenvalue weighted by molar-refractivity contribution is 7.91. The Morgan fingerprint density at radius 3 is 2.45 bits per heavy atom. The Kier molecular flexibility index (Phi) is 5.09. The van der Waals surface area contributed by atoms with Gasteiger partial charge in [-0.05, 0) is 0 Å². The zero-order valence-electron chi connectivity index (χ0n) is 10.9. The van der Waals surface area contributed by atoms with Gasteiger partial charge in [0.1, 0.15) is 11.4 Å². The van der Waals surface area contributed by atoms with E-state index in [1.807, 2.05) is 0 Å². The van der Waals surface area contributed by atoms with Gasteiger partial charge in [0.05, 0.1) is 14.2 Å². The molecule has 0 aliphatic rings. The van der Waals surface area contributed by atoms with Crippen molar-refractivity contribution in [3.05, 3.63) is 10.9 Å². The standard InChI is InChI=1S/C10H13NO7S2/c1-11(5-8(12)13)20(15,16)10-6(17-2)4-7(19-10)9(14)18-3/h4H,5H2,1-3H3,(H,12,13). The van der Waals surface area contributed by atoms with Crippen LogP contribution in [0.2, 0.25) is 0 Å². The van der Waals surface area contributed by atoms with Gasteiger partial charge in [0, 0.05) is 13.1 Å². The molecule has 1 N–H and O–H groups in total. The molecule has 1 heterocycles. The van der Waals surface area contributed by atoms with Crippen molar-refractivity contribution in [1.29, 1.82) is 0 Å². The number of ether oxygens (including phenoxy) is 2. The van der Waals surface area contributed by atoms with Crippen molar-refractivity contribution in [3.63, 3.8) is 0 Å². The molecule has 0 saturated carbocycles. The monoisotopic (exact) mass is 323 g/mol. The van der Waals surface area contributed by atoms with Crippen molar-refractivity contribution in [3.8, 4) is 5.75 Å². The quantitative estimate of drug-likeness (QED) is 0.747. The lowest BCUT2D eigenvalue weighted by molar-refractivity contribution is -0.137. The number of carbonyl (C=O) groups is 2. The van der Waals surface area contributed by atoms with Gasteiger partial charge in [-0.3, -0.25) is 4.79 Å². The van der Waals surface area contributed by atoms with E-state index in [1.165, 1.54) is 20.3 Å². The van der Waals surface area contributed by atoms with Crippen LogP contribution in [-0.4, -0.2) is 57.6 Å². The maximum Gasteiger partial charge on any atom is 0.348 e. The van der Waals surface area contributed by atoms with Crippen LogP contribution in [0.3, 0.4) is 0 Å². The third kappa shape index (κ3) is 3.26. The van der Waals surface area contributed by atoms with E-state index in [0.29, 0.717) is 15.6 Å². The van der Waals surface area contributed by atoms with Crippen LogP contribution >= 0.6 is 11.3 Å². The molecule has 0 aromatic carbocycles. The minimum Gasteiger partial charge on any atom is -0.494 e. The number of nitrogens with zero attached hydrogens (tertiary/aromatic N) is 1. The molecule has 8 nitrogen and oxygen atoms in total. The molecule has 0 fully saturated rings. The van der Waals surface area contributed by atoms with E-state index in [4.69, 9.17) is 9.84 Å². The Labute approximate surface area is 119 Å². The molecule has 0 bridgehead atoms.